The molecule has 1 aliphatic heterocycles. The van der Waals surface area contributed by atoms with Crippen molar-refractivity contribution in [1.82, 2.24) is 10.6 Å². The second-order valence-corrected chi connectivity index (χ2v) is 5.88. The van der Waals surface area contributed by atoms with Gasteiger partial charge in [-0.1, -0.05) is 18.2 Å². The van der Waals surface area contributed by atoms with Gasteiger partial charge >= 0.3 is 0 Å². The largest absolute Gasteiger partial charge is 0.496 e. The van der Waals surface area contributed by atoms with Crippen LogP contribution in [0.4, 0.5) is 0 Å². The van der Waals surface area contributed by atoms with E-state index in [1.54, 1.807) is 7.11 Å². The van der Waals surface area contributed by atoms with Gasteiger partial charge in [-0.05, 0) is 56.8 Å². The molecule has 0 aromatic heterocycles. The van der Waals surface area contributed by atoms with Gasteiger partial charge in [-0.25, -0.2) is 0 Å². The van der Waals surface area contributed by atoms with E-state index in [-0.39, 0.29) is 11.9 Å². The number of para-hydroxylation sites is 1. The van der Waals surface area contributed by atoms with E-state index < -0.39 is 0 Å². The topological polar surface area (TPSA) is 50.4 Å². The lowest BCUT2D eigenvalue weighted by Gasteiger charge is -2.16. The van der Waals surface area contributed by atoms with Crippen LogP contribution in [0.3, 0.4) is 0 Å². The summed E-state index contributed by atoms with van der Waals surface area (Å²) in [5.74, 6) is 1.71. The van der Waals surface area contributed by atoms with Crippen molar-refractivity contribution in [2.75, 3.05) is 20.2 Å². The third-order valence-corrected chi connectivity index (χ3v) is 4.07. The van der Waals surface area contributed by atoms with Crippen LogP contribution in [0.25, 0.3) is 0 Å². The van der Waals surface area contributed by atoms with Gasteiger partial charge in [-0.2, -0.15) is 0 Å². The van der Waals surface area contributed by atoms with Gasteiger partial charge in [0.2, 0.25) is 5.91 Å². The number of amides is 1. The maximum absolute atomic E-state index is 12.0. The number of hydrogen-bond donors (Lipinski definition) is 2. The zero-order valence-electron chi connectivity index (χ0n) is 13.0. The molecular weight excluding hydrogens is 264 g/mol. The monoisotopic (exact) mass is 290 g/mol. The first-order valence-electron chi connectivity index (χ1n) is 7.81. The fourth-order valence-corrected chi connectivity index (χ4v) is 2.90. The fraction of sp³-hybridized carbons (Fsp3) is 0.588. The summed E-state index contributed by atoms with van der Waals surface area (Å²) in [7, 11) is 1.68. The molecule has 2 rings (SSSR count). The third kappa shape index (κ3) is 5.05. The molecule has 1 heterocycles. The Kier molecular flexibility index (Phi) is 6.05. The van der Waals surface area contributed by atoms with Crippen molar-refractivity contribution in [3.63, 3.8) is 0 Å². The number of carbonyl (C=O) groups is 1. The van der Waals surface area contributed by atoms with Crippen LogP contribution in [0.15, 0.2) is 24.3 Å². The molecular formula is C17H26N2O2. The summed E-state index contributed by atoms with van der Waals surface area (Å²) in [5.41, 5.74) is 1.13. The number of nitrogens with one attached hydrogen (secondary N) is 2. The van der Waals surface area contributed by atoms with Crippen LogP contribution in [-0.4, -0.2) is 32.1 Å². The zero-order chi connectivity index (χ0) is 15.1. The molecule has 1 aromatic carbocycles. The normalized spacial score (nSPS) is 19.2. The third-order valence-electron chi connectivity index (χ3n) is 4.07. The van der Waals surface area contributed by atoms with Crippen LogP contribution in [0.2, 0.25) is 0 Å². The molecule has 0 radical (unpaired) electrons. The number of hydrogen-bond acceptors (Lipinski definition) is 3. The van der Waals surface area contributed by atoms with Gasteiger partial charge in [-0.3, -0.25) is 4.79 Å². The van der Waals surface area contributed by atoms with Gasteiger partial charge in [0.05, 0.1) is 7.11 Å². The Morgan fingerprint density at radius 2 is 2.29 bits per heavy atom. The van der Waals surface area contributed by atoms with E-state index >= 15 is 0 Å². The van der Waals surface area contributed by atoms with Crippen molar-refractivity contribution < 1.29 is 9.53 Å². The van der Waals surface area contributed by atoms with Crippen molar-refractivity contribution in [1.29, 1.82) is 0 Å². The molecule has 21 heavy (non-hydrogen) atoms. The van der Waals surface area contributed by atoms with Gasteiger partial charge in [0, 0.05) is 12.5 Å². The second-order valence-electron chi connectivity index (χ2n) is 5.88. The predicted molar refractivity (Wildman–Crippen MR) is 84.5 cm³/mol. The summed E-state index contributed by atoms with van der Waals surface area (Å²) in [5, 5.41) is 6.43. The molecule has 1 aliphatic rings. The van der Waals surface area contributed by atoms with Crippen LogP contribution in [-0.2, 0) is 11.2 Å². The Morgan fingerprint density at radius 3 is 3.00 bits per heavy atom. The van der Waals surface area contributed by atoms with Crippen LogP contribution in [0.1, 0.15) is 31.7 Å². The van der Waals surface area contributed by atoms with Crippen molar-refractivity contribution in [3.8, 4) is 5.75 Å². The van der Waals surface area contributed by atoms with E-state index in [1.807, 2.05) is 31.2 Å². The van der Waals surface area contributed by atoms with E-state index in [2.05, 4.69) is 10.6 Å². The summed E-state index contributed by atoms with van der Waals surface area (Å²) in [6, 6.07) is 8.08. The minimum absolute atomic E-state index is 0.121. The molecule has 0 aliphatic carbocycles. The average Bonchev–Trinajstić information content (AvgIpc) is 2.99. The molecule has 1 amide bonds. The maximum atomic E-state index is 12.0. The molecule has 4 nitrogen and oxygen atoms in total. The first-order chi connectivity index (χ1) is 10.2. The Hall–Kier alpha value is -1.55. The highest BCUT2D eigenvalue weighted by atomic mass is 16.5. The van der Waals surface area contributed by atoms with Crippen LogP contribution in [0, 0.1) is 5.92 Å². The molecule has 1 aromatic rings. The highest BCUT2D eigenvalue weighted by molar-refractivity contribution is 5.76. The molecule has 2 unspecified atom stereocenters. The summed E-state index contributed by atoms with van der Waals surface area (Å²) in [6.45, 7) is 4.20. The minimum atomic E-state index is 0.121. The van der Waals surface area contributed by atoms with E-state index in [4.69, 9.17) is 4.74 Å². The second kappa shape index (κ2) is 8.03. The fourth-order valence-electron chi connectivity index (χ4n) is 2.90. The highest BCUT2D eigenvalue weighted by Crippen LogP contribution is 2.19. The van der Waals surface area contributed by atoms with Crippen molar-refractivity contribution in [3.05, 3.63) is 29.8 Å². The summed E-state index contributed by atoms with van der Waals surface area (Å²) in [6.07, 6.45) is 3.60. The van der Waals surface area contributed by atoms with Crippen LogP contribution < -0.4 is 15.4 Å². The van der Waals surface area contributed by atoms with Gasteiger partial charge in [0.1, 0.15) is 5.75 Å². The van der Waals surface area contributed by atoms with E-state index in [9.17, 15) is 4.79 Å². The SMILES string of the molecule is COc1ccccc1CC(C)NC(=O)CCC1CCNC1. The Morgan fingerprint density at radius 1 is 1.48 bits per heavy atom. The molecule has 2 N–H and O–H groups in total. The first kappa shape index (κ1) is 15.8. The lowest BCUT2D eigenvalue weighted by Crippen LogP contribution is -2.34. The van der Waals surface area contributed by atoms with Crippen LogP contribution >= 0.6 is 0 Å². The lowest BCUT2D eigenvalue weighted by molar-refractivity contribution is -0.121. The zero-order valence-corrected chi connectivity index (χ0v) is 13.0. The van der Waals surface area contributed by atoms with Crippen molar-refractivity contribution in [2.45, 2.75) is 38.6 Å². The predicted octanol–water partition coefficient (Wildman–Crippen LogP) is 2.13. The molecule has 116 valence electrons. The molecule has 1 fully saturated rings. The smallest absolute Gasteiger partial charge is 0.220 e. The van der Waals surface area contributed by atoms with E-state index in [0.717, 1.165) is 37.2 Å². The van der Waals surface area contributed by atoms with Gasteiger partial charge < -0.3 is 15.4 Å². The van der Waals surface area contributed by atoms with E-state index in [1.165, 1.54) is 6.42 Å². The van der Waals surface area contributed by atoms with Gasteiger partial charge in [-0.15, -0.1) is 0 Å². The number of rotatable bonds is 7. The molecule has 0 saturated carbocycles. The molecule has 4 heteroatoms. The Labute approximate surface area is 127 Å². The molecule has 1 saturated heterocycles. The number of carbonyl (C=O) groups excluding carboxylic acids is 1. The Bertz CT molecular complexity index is 456. The first-order valence-corrected chi connectivity index (χ1v) is 7.81. The molecule has 2 atom stereocenters. The average molecular weight is 290 g/mol. The van der Waals surface area contributed by atoms with Gasteiger partial charge in [0.25, 0.3) is 0 Å². The molecule has 0 spiro atoms. The summed E-state index contributed by atoms with van der Waals surface area (Å²) in [4.78, 5) is 12.0. The summed E-state index contributed by atoms with van der Waals surface area (Å²) < 4.78 is 5.35. The Balaban J connectivity index is 1.75. The quantitative estimate of drug-likeness (QED) is 0.809. The highest BCUT2D eigenvalue weighted by Gasteiger charge is 2.16. The maximum Gasteiger partial charge on any atom is 0.220 e. The number of benzene rings is 1. The number of ether oxygens (including phenoxy) is 1. The van der Waals surface area contributed by atoms with Crippen molar-refractivity contribution in [2.24, 2.45) is 5.92 Å². The standard InChI is InChI=1S/C17H26N2O2/c1-13(11-15-5-3-4-6-16(15)21-2)19-17(20)8-7-14-9-10-18-12-14/h3-6,13-14,18H,7-12H2,1-2H3,(H,19,20). The summed E-state index contributed by atoms with van der Waals surface area (Å²) >= 11 is 0. The van der Waals surface area contributed by atoms with Crippen LogP contribution in [0.5, 0.6) is 5.75 Å². The minimum Gasteiger partial charge on any atom is -0.496 e. The molecule has 0 bridgehead atoms. The van der Waals surface area contributed by atoms with Gasteiger partial charge in [0.15, 0.2) is 0 Å². The lowest BCUT2D eigenvalue weighted by atomic mass is 10.0. The van der Waals surface area contributed by atoms with E-state index in [0.29, 0.717) is 12.3 Å². The number of methoxy groups -OCH3 is 1. The van der Waals surface area contributed by atoms with Crippen molar-refractivity contribution >= 4 is 5.91 Å².